The second-order valence-electron chi connectivity index (χ2n) is 7.49. The van der Waals surface area contributed by atoms with Crippen molar-refractivity contribution in [3.05, 3.63) is 117 Å². The molecule has 1 aliphatic heterocycles. The van der Waals surface area contributed by atoms with E-state index in [1.165, 1.54) is 12.1 Å². The molecule has 0 fully saturated rings. The average molecular weight is 482 g/mol. The standard InChI is InChI=1S/C25H17Cl2NO3S/c26-17-12-16(13-18(27)14-17)22-21-11-10-15-6-4-5-9-20(15)23(21)31-25(28)24(22)32(29,30)19-7-2-1-3-8-19/h1-14,22H,28H2. The van der Waals surface area contributed by atoms with Gasteiger partial charge in [0.25, 0.3) is 0 Å². The van der Waals surface area contributed by atoms with Gasteiger partial charge >= 0.3 is 0 Å². The van der Waals surface area contributed by atoms with E-state index in [-0.39, 0.29) is 15.7 Å². The molecule has 5 rings (SSSR count). The van der Waals surface area contributed by atoms with Crippen LogP contribution in [0.25, 0.3) is 10.8 Å². The van der Waals surface area contributed by atoms with E-state index in [9.17, 15) is 8.42 Å². The van der Waals surface area contributed by atoms with Gasteiger partial charge in [0, 0.05) is 21.0 Å². The molecule has 0 spiro atoms. The van der Waals surface area contributed by atoms with Gasteiger partial charge in [-0.05, 0) is 41.3 Å². The first-order chi connectivity index (χ1) is 15.4. The van der Waals surface area contributed by atoms with E-state index in [0.29, 0.717) is 26.9 Å². The monoisotopic (exact) mass is 481 g/mol. The van der Waals surface area contributed by atoms with Crippen molar-refractivity contribution in [1.29, 1.82) is 0 Å². The number of nitrogens with two attached hydrogens (primary N) is 1. The molecule has 32 heavy (non-hydrogen) atoms. The number of rotatable bonds is 3. The van der Waals surface area contributed by atoms with Gasteiger partial charge in [-0.15, -0.1) is 0 Å². The summed E-state index contributed by atoms with van der Waals surface area (Å²) in [5.41, 5.74) is 7.61. The molecule has 1 atom stereocenters. The largest absolute Gasteiger partial charge is 0.440 e. The van der Waals surface area contributed by atoms with Gasteiger partial charge in [0.2, 0.25) is 15.7 Å². The Bertz CT molecular complexity index is 1480. The molecule has 0 aromatic heterocycles. The van der Waals surface area contributed by atoms with Crippen molar-refractivity contribution in [3.63, 3.8) is 0 Å². The van der Waals surface area contributed by atoms with Crippen LogP contribution in [0, 0.1) is 0 Å². The summed E-state index contributed by atoms with van der Waals surface area (Å²) < 4.78 is 33.5. The van der Waals surface area contributed by atoms with Gasteiger partial charge in [-0.2, -0.15) is 0 Å². The highest BCUT2D eigenvalue weighted by molar-refractivity contribution is 7.95. The second-order valence-corrected chi connectivity index (χ2v) is 10.3. The Balaban J connectivity index is 1.83. The molecule has 1 aliphatic rings. The molecular formula is C25H17Cl2NO3S. The predicted octanol–water partition coefficient (Wildman–Crippen LogP) is 6.27. The summed E-state index contributed by atoms with van der Waals surface area (Å²) in [7, 11) is -3.99. The number of benzene rings is 4. The number of hydrogen-bond acceptors (Lipinski definition) is 4. The number of halogens is 2. The molecule has 2 N–H and O–H groups in total. The third kappa shape index (κ3) is 3.43. The molecule has 160 valence electrons. The summed E-state index contributed by atoms with van der Waals surface area (Å²) >= 11 is 12.6. The van der Waals surface area contributed by atoms with E-state index in [1.54, 1.807) is 36.4 Å². The average Bonchev–Trinajstić information content (AvgIpc) is 2.78. The van der Waals surface area contributed by atoms with Crippen LogP contribution in [0.2, 0.25) is 10.0 Å². The first kappa shape index (κ1) is 20.9. The van der Waals surface area contributed by atoms with E-state index in [2.05, 4.69) is 0 Å². The summed E-state index contributed by atoms with van der Waals surface area (Å²) in [4.78, 5) is 0.0914. The zero-order valence-electron chi connectivity index (χ0n) is 16.6. The minimum Gasteiger partial charge on any atom is -0.440 e. The second kappa shape index (κ2) is 7.85. The fourth-order valence-electron chi connectivity index (χ4n) is 4.13. The van der Waals surface area contributed by atoms with Crippen LogP contribution in [0.15, 0.2) is 101 Å². The molecule has 0 bridgehead atoms. The van der Waals surface area contributed by atoms with E-state index < -0.39 is 15.8 Å². The van der Waals surface area contributed by atoms with Gasteiger partial charge in [0.05, 0.1) is 10.8 Å². The SMILES string of the molecule is NC1=C(S(=O)(=O)c2ccccc2)C(c2cc(Cl)cc(Cl)c2)c2ccc3ccccc3c2O1. The number of allylic oxidation sites excluding steroid dienone is 1. The van der Waals surface area contributed by atoms with E-state index in [0.717, 1.165) is 10.8 Å². The van der Waals surface area contributed by atoms with E-state index in [4.69, 9.17) is 33.7 Å². The lowest BCUT2D eigenvalue weighted by atomic mass is 9.87. The minimum atomic E-state index is -3.99. The van der Waals surface area contributed by atoms with Gasteiger partial charge in [-0.25, -0.2) is 8.42 Å². The molecular weight excluding hydrogens is 465 g/mol. The lowest BCUT2D eigenvalue weighted by Crippen LogP contribution is -2.26. The first-order valence-corrected chi connectivity index (χ1v) is 12.1. The fraction of sp³-hybridized carbons (Fsp3) is 0.0400. The zero-order chi connectivity index (χ0) is 22.5. The molecule has 0 amide bonds. The summed E-state index contributed by atoms with van der Waals surface area (Å²) in [5, 5.41) is 2.59. The lowest BCUT2D eigenvalue weighted by molar-refractivity contribution is 0.399. The van der Waals surface area contributed by atoms with Crippen molar-refractivity contribution < 1.29 is 13.2 Å². The van der Waals surface area contributed by atoms with Crippen LogP contribution >= 0.6 is 23.2 Å². The molecule has 1 heterocycles. The Hall–Kier alpha value is -2.99. The molecule has 4 aromatic rings. The summed E-state index contributed by atoms with van der Waals surface area (Å²) in [6, 6.07) is 24.7. The third-order valence-corrected chi connectivity index (χ3v) is 7.84. The third-order valence-electron chi connectivity index (χ3n) is 5.50. The summed E-state index contributed by atoms with van der Waals surface area (Å²) in [6.07, 6.45) is 0. The molecule has 1 unspecified atom stereocenters. The van der Waals surface area contributed by atoms with E-state index >= 15 is 0 Å². The first-order valence-electron chi connectivity index (χ1n) is 9.81. The smallest absolute Gasteiger partial charge is 0.208 e. The normalized spacial score (nSPS) is 16.0. The highest BCUT2D eigenvalue weighted by Gasteiger charge is 2.39. The summed E-state index contributed by atoms with van der Waals surface area (Å²) in [5.74, 6) is -0.391. The van der Waals surface area contributed by atoms with Crippen LogP contribution in [0.4, 0.5) is 0 Å². The van der Waals surface area contributed by atoms with Crippen molar-refractivity contribution in [2.75, 3.05) is 0 Å². The van der Waals surface area contributed by atoms with Gasteiger partial charge < -0.3 is 10.5 Å². The maximum atomic E-state index is 13.7. The summed E-state index contributed by atoms with van der Waals surface area (Å²) in [6.45, 7) is 0. The highest BCUT2D eigenvalue weighted by atomic mass is 35.5. The Kier molecular flexibility index (Phi) is 5.13. The van der Waals surface area contributed by atoms with Crippen molar-refractivity contribution in [3.8, 4) is 5.75 Å². The van der Waals surface area contributed by atoms with Gasteiger partial charge in [-0.1, -0.05) is 77.8 Å². The molecule has 0 saturated heterocycles. The highest BCUT2D eigenvalue weighted by Crippen LogP contribution is 2.49. The maximum Gasteiger partial charge on any atom is 0.208 e. The number of fused-ring (bicyclic) bond motifs is 3. The van der Waals surface area contributed by atoms with Crippen LogP contribution in [0.1, 0.15) is 17.0 Å². The molecule has 0 aliphatic carbocycles. The molecule has 4 nitrogen and oxygen atoms in total. The number of ether oxygens (including phenoxy) is 1. The van der Waals surface area contributed by atoms with Crippen LogP contribution in [-0.2, 0) is 9.84 Å². The molecule has 0 saturated carbocycles. The predicted molar refractivity (Wildman–Crippen MR) is 128 cm³/mol. The van der Waals surface area contributed by atoms with Crippen LogP contribution in [-0.4, -0.2) is 8.42 Å². The van der Waals surface area contributed by atoms with Crippen molar-refractivity contribution in [2.24, 2.45) is 5.73 Å². The molecule has 4 aromatic carbocycles. The lowest BCUT2D eigenvalue weighted by Gasteiger charge is -2.30. The zero-order valence-corrected chi connectivity index (χ0v) is 19.0. The number of sulfone groups is 1. The van der Waals surface area contributed by atoms with Crippen molar-refractivity contribution in [2.45, 2.75) is 10.8 Å². The molecule has 0 radical (unpaired) electrons. The van der Waals surface area contributed by atoms with E-state index in [1.807, 2.05) is 36.4 Å². The Morgan fingerprint density at radius 1 is 0.812 bits per heavy atom. The topological polar surface area (TPSA) is 69.4 Å². The van der Waals surface area contributed by atoms with Gasteiger partial charge in [0.1, 0.15) is 10.7 Å². The quantitative estimate of drug-likeness (QED) is 0.374. The van der Waals surface area contributed by atoms with Gasteiger partial charge in [0.15, 0.2) is 0 Å². The molecule has 7 heteroatoms. The van der Waals surface area contributed by atoms with Crippen LogP contribution in [0.3, 0.4) is 0 Å². The Morgan fingerprint density at radius 3 is 2.19 bits per heavy atom. The van der Waals surface area contributed by atoms with Crippen LogP contribution < -0.4 is 10.5 Å². The van der Waals surface area contributed by atoms with Crippen molar-refractivity contribution in [1.82, 2.24) is 0 Å². The minimum absolute atomic E-state index is 0.0372. The van der Waals surface area contributed by atoms with Crippen LogP contribution in [0.5, 0.6) is 5.75 Å². The number of hydrogen-bond donors (Lipinski definition) is 1. The van der Waals surface area contributed by atoms with Crippen molar-refractivity contribution >= 4 is 43.8 Å². The van der Waals surface area contributed by atoms with Gasteiger partial charge in [-0.3, -0.25) is 0 Å². The Morgan fingerprint density at radius 2 is 1.47 bits per heavy atom. The maximum absolute atomic E-state index is 13.7. The Labute approximate surface area is 195 Å². The fourth-order valence-corrected chi connectivity index (χ4v) is 6.32.